The van der Waals surface area contributed by atoms with Gasteiger partial charge >= 0.3 is 0 Å². The van der Waals surface area contributed by atoms with E-state index in [1.807, 2.05) is 37.3 Å². The minimum Gasteiger partial charge on any atom is -0.495 e. The van der Waals surface area contributed by atoms with Gasteiger partial charge in [-0.2, -0.15) is 0 Å². The van der Waals surface area contributed by atoms with Crippen LogP contribution in [0.4, 0.5) is 22.7 Å². The van der Waals surface area contributed by atoms with Gasteiger partial charge in [-0.05, 0) is 42.3 Å². The minimum absolute atomic E-state index is 0.00492. The SMILES string of the molecule is COc1ccc(C)cc1Nc1cc2c(cc1N)CC(=O)N2. The zero-order valence-corrected chi connectivity index (χ0v) is 12.0. The normalized spacial score (nSPS) is 12.8. The van der Waals surface area contributed by atoms with Crippen LogP contribution in [0.5, 0.6) is 5.75 Å². The molecule has 0 radical (unpaired) electrons. The lowest BCUT2D eigenvalue weighted by molar-refractivity contribution is -0.115. The molecule has 1 amide bonds. The number of nitrogens with two attached hydrogens (primary N) is 1. The summed E-state index contributed by atoms with van der Waals surface area (Å²) in [5.74, 6) is 0.735. The minimum atomic E-state index is -0.00492. The summed E-state index contributed by atoms with van der Waals surface area (Å²) >= 11 is 0. The zero-order valence-electron chi connectivity index (χ0n) is 12.0. The van der Waals surface area contributed by atoms with Gasteiger partial charge in [-0.15, -0.1) is 0 Å². The van der Waals surface area contributed by atoms with Crippen molar-refractivity contribution >= 4 is 28.7 Å². The van der Waals surface area contributed by atoms with Crippen LogP contribution in [0.25, 0.3) is 0 Å². The molecule has 0 aromatic heterocycles. The molecule has 2 aromatic carbocycles. The van der Waals surface area contributed by atoms with Gasteiger partial charge < -0.3 is 21.1 Å². The van der Waals surface area contributed by atoms with Gasteiger partial charge in [-0.3, -0.25) is 4.79 Å². The Morgan fingerprint density at radius 2 is 2.05 bits per heavy atom. The van der Waals surface area contributed by atoms with Crippen LogP contribution < -0.4 is 21.1 Å². The van der Waals surface area contributed by atoms with Crippen molar-refractivity contribution in [3.8, 4) is 5.75 Å². The topological polar surface area (TPSA) is 76.4 Å². The first-order valence-corrected chi connectivity index (χ1v) is 6.71. The molecule has 0 spiro atoms. The van der Waals surface area contributed by atoms with Gasteiger partial charge in [-0.25, -0.2) is 0 Å². The fourth-order valence-electron chi connectivity index (χ4n) is 2.47. The lowest BCUT2D eigenvalue weighted by Crippen LogP contribution is -2.03. The molecule has 0 saturated carbocycles. The molecule has 1 aliphatic heterocycles. The number of nitrogens with one attached hydrogen (secondary N) is 2. The van der Waals surface area contributed by atoms with E-state index in [1.54, 1.807) is 7.11 Å². The number of nitrogen functional groups attached to an aromatic ring is 1. The van der Waals surface area contributed by atoms with Crippen molar-refractivity contribution in [3.63, 3.8) is 0 Å². The molecule has 0 bridgehead atoms. The molecular weight excluding hydrogens is 266 g/mol. The molecule has 0 aliphatic carbocycles. The summed E-state index contributed by atoms with van der Waals surface area (Å²) in [4.78, 5) is 11.4. The van der Waals surface area contributed by atoms with Crippen LogP contribution in [0, 0.1) is 6.92 Å². The van der Waals surface area contributed by atoms with E-state index in [4.69, 9.17) is 10.5 Å². The first-order chi connectivity index (χ1) is 10.1. The number of benzene rings is 2. The Labute approximate surface area is 123 Å². The van der Waals surface area contributed by atoms with Crippen LogP contribution in [0.15, 0.2) is 30.3 Å². The number of carbonyl (C=O) groups is 1. The molecule has 4 N–H and O–H groups in total. The van der Waals surface area contributed by atoms with E-state index < -0.39 is 0 Å². The lowest BCUT2D eigenvalue weighted by Gasteiger charge is -2.15. The zero-order chi connectivity index (χ0) is 15.0. The van der Waals surface area contributed by atoms with E-state index in [0.717, 1.165) is 33.9 Å². The highest BCUT2D eigenvalue weighted by Gasteiger charge is 2.19. The second-order valence-electron chi connectivity index (χ2n) is 5.15. The number of methoxy groups -OCH3 is 1. The number of anilines is 4. The maximum absolute atomic E-state index is 11.4. The van der Waals surface area contributed by atoms with Crippen LogP contribution in [0.2, 0.25) is 0 Å². The van der Waals surface area contributed by atoms with E-state index in [0.29, 0.717) is 12.1 Å². The summed E-state index contributed by atoms with van der Waals surface area (Å²) < 4.78 is 5.35. The molecule has 0 atom stereocenters. The van der Waals surface area contributed by atoms with Gasteiger partial charge in [0.1, 0.15) is 5.75 Å². The standard InChI is InChI=1S/C16H17N3O2/c1-9-3-4-15(21-2)14(5-9)18-13-8-12-10(6-11(13)17)7-16(20)19-12/h3-6,8,18H,7,17H2,1-2H3,(H,19,20). The molecular formula is C16H17N3O2. The van der Waals surface area contributed by atoms with E-state index in [9.17, 15) is 4.79 Å². The Hall–Kier alpha value is -2.69. The molecule has 0 saturated heterocycles. The van der Waals surface area contributed by atoms with E-state index in [1.165, 1.54) is 0 Å². The molecule has 1 heterocycles. The first-order valence-electron chi connectivity index (χ1n) is 6.71. The van der Waals surface area contributed by atoms with Crippen molar-refractivity contribution in [1.29, 1.82) is 0 Å². The molecule has 21 heavy (non-hydrogen) atoms. The number of ether oxygens (including phenoxy) is 1. The highest BCUT2D eigenvalue weighted by atomic mass is 16.5. The molecule has 5 nitrogen and oxygen atoms in total. The van der Waals surface area contributed by atoms with Crippen LogP contribution in [-0.2, 0) is 11.2 Å². The monoisotopic (exact) mass is 283 g/mol. The Balaban J connectivity index is 1.98. The molecule has 108 valence electrons. The number of fused-ring (bicyclic) bond motifs is 1. The first kappa shape index (κ1) is 13.3. The number of rotatable bonds is 3. The Morgan fingerprint density at radius 1 is 1.24 bits per heavy atom. The summed E-state index contributed by atoms with van der Waals surface area (Å²) in [5, 5.41) is 6.10. The summed E-state index contributed by atoms with van der Waals surface area (Å²) in [6.45, 7) is 2.01. The van der Waals surface area contributed by atoms with Gasteiger partial charge in [0.15, 0.2) is 0 Å². The maximum atomic E-state index is 11.4. The van der Waals surface area contributed by atoms with Crippen molar-refractivity contribution < 1.29 is 9.53 Å². The molecule has 3 rings (SSSR count). The number of hydrogen-bond donors (Lipinski definition) is 3. The Bertz CT molecular complexity index is 726. The van der Waals surface area contributed by atoms with Crippen LogP contribution >= 0.6 is 0 Å². The average Bonchev–Trinajstić information content (AvgIpc) is 2.78. The predicted molar refractivity (Wildman–Crippen MR) is 84.2 cm³/mol. The van der Waals surface area contributed by atoms with E-state index >= 15 is 0 Å². The number of carbonyl (C=O) groups excluding carboxylic acids is 1. The van der Waals surface area contributed by atoms with Crippen molar-refractivity contribution in [2.45, 2.75) is 13.3 Å². The third-order valence-electron chi connectivity index (χ3n) is 3.52. The smallest absolute Gasteiger partial charge is 0.228 e. The van der Waals surface area contributed by atoms with Crippen molar-refractivity contribution in [1.82, 2.24) is 0 Å². The maximum Gasteiger partial charge on any atom is 0.228 e. The third-order valence-corrected chi connectivity index (χ3v) is 3.52. The van der Waals surface area contributed by atoms with E-state index in [2.05, 4.69) is 10.6 Å². The predicted octanol–water partition coefficient (Wildman–Crippen LogP) is 2.82. The number of hydrogen-bond acceptors (Lipinski definition) is 4. The summed E-state index contributed by atoms with van der Waals surface area (Å²) in [6, 6.07) is 9.57. The van der Waals surface area contributed by atoms with Gasteiger partial charge in [0.2, 0.25) is 5.91 Å². The summed E-state index contributed by atoms with van der Waals surface area (Å²) in [5.41, 5.74) is 11.1. The highest BCUT2D eigenvalue weighted by Crippen LogP contribution is 2.35. The number of aryl methyl sites for hydroxylation is 1. The second-order valence-corrected chi connectivity index (χ2v) is 5.15. The van der Waals surface area contributed by atoms with Gasteiger partial charge in [0, 0.05) is 5.69 Å². The van der Waals surface area contributed by atoms with Crippen molar-refractivity contribution in [2.75, 3.05) is 23.5 Å². The summed E-state index contributed by atoms with van der Waals surface area (Å²) in [7, 11) is 1.63. The lowest BCUT2D eigenvalue weighted by atomic mass is 10.1. The largest absolute Gasteiger partial charge is 0.495 e. The van der Waals surface area contributed by atoms with E-state index in [-0.39, 0.29) is 5.91 Å². The molecule has 1 aliphatic rings. The average molecular weight is 283 g/mol. The highest BCUT2D eigenvalue weighted by molar-refractivity contribution is 6.01. The Morgan fingerprint density at radius 3 is 2.81 bits per heavy atom. The fourth-order valence-corrected chi connectivity index (χ4v) is 2.47. The van der Waals surface area contributed by atoms with Crippen LogP contribution in [-0.4, -0.2) is 13.0 Å². The van der Waals surface area contributed by atoms with Gasteiger partial charge in [0.05, 0.1) is 30.6 Å². The van der Waals surface area contributed by atoms with Crippen LogP contribution in [0.1, 0.15) is 11.1 Å². The third kappa shape index (κ3) is 2.50. The quantitative estimate of drug-likeness (QED) is 0.757. The van der Waals surface area contributed by atoms with Gasteiger partial charge in [-0.1, -0.05) is 6.07 Å². The van der Waals surface area contributed by atoms with Crippen LogP contribution in [0.3, 0.4) is 0 Å². The van der Waals surface area contributed by atoms with Crippen molar-refractivity contribution in [3.05, 3.63) is 41.5 Å². The molecule has 2 aromatic rings. The molecule has 0 unspecified atom stereocenters. The Kier molecular flexibility index (Phi) is 3.17. The fraction of sp³-hybridized carbons (Fsp3) is 0.188. The second kappa shape index (κ2) is 5.01. The molecule has 5 heteroatoms. The number of amides is 1. The van der Waals surface area contributed by atoms with Crippen molar-refractivity contribution in [2.24, 2.45) is 0 Å². The molecule has 0 fully saturated rings. The summed E-state index contributed by atoms with van der Waals surface area (Å²) in [6.07, 6.45) is 0.383. The van der Waals surface area contributed by atoms with Gasteiger partial charge in [0.25, 0.3) is 0 Å².